The van der Waals surface area contributed by atoms with Gasteiger partial charge in [-0.05, 0) is 18.4 Å². The van der Waals surface area contributed by atoms with Crippen LogP contribution in [0.3, 0.4) is 0 Å². The first-order chi connectivity index (χ1) is 11.2. The minimum Gasteiger partial charge on any atom is -0.269 e. The molecule has 0 radical (unpaired) electrons. The minimum atomic E-state index is -0.0430. The molecule has 0 aliphatic carbocycles. The van der Waals surface area contributed by atoms with Crippen LogP contribution in [0.1, 0.15) is 11.4 Å². The smallest absolute Gasteiger partial charge is 0.258 e. The highest BCUT2D eigenvalue weighted by molar-refractivity contribution is 7.98. The molecule has 4 rings (SSSR count). The van der Waals surface area contributed by atoms with Crippen LogP contribution in [0.2, 0.25) is 0 Å². The van der Waals surface area contributed by atoms with E-state index in [1.807, 2.05) is 29.8 Å². The van der Waals surface area contributed by atoms with Crippen molar-refractivity contribution in [3.05, 3.63) is 50.7 Å². The van der Waals surface area contributed by atoms with Crippen LogP contribution < -0.4 is 5.56 Å². The highest BCUT2D eigenvalue weighted by Crippen LogP contribution is 2.24. The van der Waals surface area contributed by atoms with Crippen molar-refractivity contribution in [3.63, 3.8) is 0 Å². The number of thioether (sulfide) groups is 1. The van der Waals surface area contributed by atoms with Gasteiger partial charge in [-0.15, -0.1) is 27.8 Å². The molecule has 0 unspecified atom stereocenters. The lowest BCUT2D eigenvalue weighted by Gasteiger charge is -1.99. The molecule has 0 amide bonds. The fraction of sp³-hybridized carbons (Fsp3) is 0.143. The number of aryl methyl sites for hydroxylation is 1. The third kappa shape index (κ3) is 2.82. The molecule has 6 nitrogen and oxygen atoms in total. The fourth-order valence-electron chi connectivity index (χ4n) is 2.15. The second-order valence-corrected chi connectivity index (χ2v) is 7.54. The van der Waals surface area contributed by atoms with Gasteiger partial charge in [-0.3, -0.25) is 14.3 Å². The first-order valence-electron chi connectivity index (χ1n) is 6.76. The van der Waals surface area contributed by atoms with E-state index in [-0.39, 0.29) is 5.56 Å². The third-order valence-corrected chi connectivity index (χ3v) is 5.90. The minimum absolute atomic E-state index is 0.0430. The zero-order chi connectivity index (χ0) is 15.8. The van der Waals surface area contributed by atoms with Crippen molar-refractivity contribution in [1.29, 1.82) is 0 Å². The maximum atomic E-state index is 12.1. The Labute approximate surface area is 143 Å². The normalized spacial score (nSPS) is 11.3. The van der Waals surface area contributed by atoms with Crippen molar-refractivity contribution in [3.8, 4) is 10.7 Å². The van der Waals surface area contributed by atoms with E-state index in [0.717, 1.165) is 27.1 Å². The maximum absolute atomic E-state index is 12.1. The van der Waals surface area contributed by atoms with Gasteiger partial charge < -0.3 is 0 Å². The van der Waals surface area contributed by atoms with E-state index in [2.05, 4.69) is 20.2 Å². The molecule has 116 valence electrons. The van der Waals surface area contributed by atoms with Gasteiger partial charge in [0.05, 0.1) is 10.6 Å². The van der Waals surface area contributed by atoms with Gasteiger partial charge in [0.2, 0.25) is 5.16 Å². The summed E-state index contributed by atoms with van der Waals surface area (Å²) in [6.07, 6.45) is 0. The van der Waals surface area contributed by atoms with E-state index in [1.54, 1.807) is 21.8 Å². The summed E-state index contributed by atoms with van der Waals surface area (Å²) in [6, 6.07) is 5.55. The lowest BCUT2D eigenvalue weighted by Crippen LogP contribution is -2.14. The summed E-state index contributed by atoms with van der Waals surface area (Å²) in [6.45, 7) is 1.90. The lowest BCUT2D eigenvalue weighted by atomic mass is 10.4. The lowest BCUT2D eigenvalue weighted by molar-refractivity contribution is 0.967. The second-order valence-electron chi connectivity index (χ2n) is 4.81. The number of thiazole rings is 1. The van der Waals surface area contributed by atoms with Crippen molar-refractivity contribution in [1.82, 2.24) is 24.6 Å². The number of hydrogen-bond donors (Lipinski definition) is 1. The maximum Gasteiger partial charge on any atom is 0.258 e. The first kappa shape index (κ1) is 14.6. The van der Waals surface area contributed by atoms with Crippen LogP contribution in [-0.2, 0) is 5.75 Å². The van der Waals surface area contributed by atoms with Crippen molar-refractivity contribution >= 4 is 39.4 Å². The molecule has 0 spiro atoms. The highest BCUT2D eigenvalue weighted by Gasteiger charge is 2.10. The van der Waals surface area contributed by atoms with Gasteiger partial charge in [-0.2, -0.15) is 0 Å². The molecular formula is C14H11N5OS3. The Morgan fingerprint density at radius 2 is 2.26 bits per heavy atom. The molecule has 0 atom stereocenters. The number of aromatic amines is 1. The van der Waals surface area contributed by atoms with E-state index < -0.39 is 0 Å². The second kappa shape index (κ2) is 5.91. The number of H-pyrrole nitrogens is 1. The van der Waals surface area contributed by atoms with E-state index >= 15 is 0 Å². The number of rotatable bonds is 4. The Balaban J connectivity index is 1.54. The van der Waals surface area contributed by atoms with Crippen molar-refractivity contribution in [2.24, 2.45) is 0 Å². The molecule has 9 heteroatoms. The molecule has 0 saturated carbocycles. The summed E-state index contributed by atoms with van der Waals surface area (Å²) in [5.74, 6) is 1.32. The molecule has 0 aliphatic rings. The van der Waals surface area contributed by atoms with Crippen LogP contribution in [0.15, 0.2) is 38.9 Å². The van der Waals surface area contributed by atoms with Crippen LogP contribution >= 0.6 is 34.4 Å². The highest BCUT2D eigenvalue weighted by atomic mass is 32.2. The van der Waals surface area contributed by atoms with Crippen LogP contribution in [0.5, 0.6) is 0 Å². The van der Waals surface area contributed by atoms with Gasteiger partial charge in [-0.25, -0.2) is 9.97 Å². The summed E-state index contributed by atoms with van der Waals surface area (Å²) < 4.78 is 1.63. The average molecular weight is 361 g/mol. The molecule has 23 heavy (non-hydrogen) atoms. The van der Waals surface area contributed by atoms with Crippen LogP contribution in [0.4, 0.5) is 0 Å². The predicted octanol–water partition coefficient (Wildman–Crippen LogP) is 3.20. The van der Waals surface area contributed by atoms with Gasteiger partial charge in [0.1, 0.15) is 0 Å². The van der Waals surface area contributed by atoms with Gasteiger partial charge in [0.15, 0.2) is 10.8 Å². The Kier molecular flexibility index (Phi) is 3.76. The topological polar surface area (TPSA) is 75.9 Å². The Bertz CT molecular complexity index is 1010. The first-order valence-corrected chi connectivity index (χ1v) is 9.51. The van der Waals surface area contributed by atoms with Gasteiger partial charge in [0, 0.05) is 22.9 Å². The molecule has 4 aromatic heterocycles. The van der Waals surface area contributed by atoms with Gasteiger partial charge in [-0.1, -0.05) is 17.8 Å². The number of thiophene rings is 1. The SMILES string of the molecule is Cc1csc2nc(CSc3n[nH]c(-c4cccs4)n3)cc(=O)n12. The van der Waals surface area contributed by atoms with E-state index in [4.69, 9.17) is 0 Å². The van der Waals surface area contributed by atoms with E-state index in [9.17, 15) is 4.79 Å². The number of hydrogen-bond acceptors (Lipinski definition) is 7. The molecule has 1 N–H and O–H groups in total. The van der Waals surface area contributed by atoms with E-state index in [1.165, 1.54) is 23.1 Å². The number of nitrogens with one attached hydrogen (secondary N) is 1. The standard InChI is InChI=1S/C14H11N5OS3/c1-8-6-23-14-15-9(5-11(20)19(8)14)7-22-13-16-12(17-18-13)10-3-2-4-21-10/h2-6H,7H2,1H3,(H,16,17,18). The zero-order valence-corrected chi connectivity index (χ0v) is 14.5. The molecule has 0 saturated heterocycles. The number of nitrogens with zero attached hydrogens (tertiary/aromatic N) is 4. The van der Waals surface area contributed by atoms with Crippen molar-refractivity contribution < 1.29 is 0 Å². The number of fused-ring (bicyclic) bond motifs is 1. The molecule has 4 aromatic rings. The molecule has 0 aromatic carbocycles. The zero-order valence-electron chi connectivity index (χ0n) is 12.0. The summed E-state index contributed by atoms with van der Waals surface area (Å²) in [4.78, 5) is 22.9. The summed E-state index contributed by atoms with van der Waals surface area (Å²) in [7, 11) is 0. The fourth-order valence-corrected chi connectivity index (χ4v) is 4.39. The van der Waals surface area contributed by atoms with Crippen molar-refractivity contribution in [2.75, 3.05) is 0 Å². The third-order valence-electron chi connectivity index (χ3n) is 3.20. The average Bonchev–Trinajstić information content (AvgIpc) is 3.25. The molecular weight excluding hydrogens is 350 g/mol. The summed E-state index contributed by atoms with van der Waals surface area (Å²) in [5, 5.41) is 11.7. The molecule has 0 aliphatic heterocycles. The number of aromatic nitrogens is 5. The predicted molar refractivity (Wildman–Crippen MR) is 93.3 cm³/mol. The summed E-state index contributed by atoms with van der Waals surface area (Å²) in [5.41, 5.74) is 1.61. The molecule has 4 heterocycles. The van der Waals surface area contributed by atoms with Crippen molar-refractivity contribution in [2.45, 2.75) is 17.8 Å². The molecule has 0 bridgehead atoms. The van der Waals surface area contributed by atoms with Gasteiger partial charge >= 0.3 is 0 Å². The Hall–Kier alpha value is -1.97. The van der Waals surface area contributed by atoms with E-state index in [0.29, 0.717) is 10.9 Å². The quantitative estimate of drug-likeness (QED) is 0.565. The van der Waals surface area contributed by atoms with Crippen LogP contribution in [0.25, 0.3) is 15.7 Å². The Morgan fingerprint density at radius 1 is 1.35 bits per heavy atom. The van der Waals surface area contributed by atoms with Gasteiger partial charge in [0.25, 0.3) is 5.56 Å². The molecule has 0 fully saturated rings. The van der Waals surface area contributed by atoms with Crippen LogP contribution in [-0.4, -0.2) is 24.6 Å². The monoisotopic (exact) mass is 361 g/mol. The largest absolute Gasteiger partial charge is 0.269 e. The Morgan fingerprint density at radius 3 is 3.09 bits per heavy atom. The summed E-state index contributed by atoms with van der Waals surface area (Å²) >= 11 is 4.55. The van der Waals surface area contributed by atoms with Crippen LogP contribution in [0, 0.1) is 6.92 Å².